The fourth-order valence-corrected chi connectivity index (χ4v) is 3.51. The summed E-state index contributed by atoms with van der Waals surface area (Å²) in [5, 5.41) is 5.74. The van der Waals surface area contributed by atoms with Crippen LogP contribution in [0.5, 0.6) is 0 Å². The van der Waals surface area contributed by atoms with Crippen LogP contribution in [0.3, 0.4) is 0 Å². The molecule has 2 heterocycles. The normalized spacial score (nSPS) is 15.7. The van der Waals surface area contributed by atoms with Crippen LogP contribution in [0.1, 0.15) is 0 Å². The van der Waals surface area contributed by atoms with E-state index in [2.05, 4.69) is 29.2 Å². The lowest BCUT2D eigenvalue weighted by Crippen LogP contribution is -2.51. The highest BCUT2D eigenvalue weighted by atomic mass is 32.1. The Hall–Kier alpha value is -2.14. The molecule has 0 aliphatic carbocycles. The van der Waals surface area contributed by atoms with Gasteiger partial charge in [-0.05, 0) is 12.1 Å². The van der Waals surface area contributed by atoms with E-state index in [0.29, 0.717) is 31.9 Å². The van der Waals surface area contributed by atoms with Gasteiger partial charge in [-0.15, -0.1) is 0 Å². The summed E-state index contributed by atoms with van der Waals surface area (Å²) in [7, 11) is 1.61. The van der Waals surface area contributed by atoms with Crippen LogP contribution in [0.2, 0.25) is 0 Å². The first-order valence-electron chi connectivity index (χ1n) is 8.87. The van der Waals surface area contributed by atoms with Gasteiger partial charge in [0.2, 0.25) is 11.8 Å². The van der Waals surface area contributed by atoms with Gasteiger partial charge in [-0.25, -0.2) is 0 Å². The zero-order chi connectivity index (χ0) is 19.1. The molecule has 2 N–H and O–H groups in total. The molecule has 1 aromatic carbocycles. The highest BCUT2D eigenvalue weighted by molar-refractivity contribution is 7.00. The predicted molar refractivity (Wildman–Crippen MR) is 104 cm³/mol. The Balaban J connectivity index is 1.40. The van der Waals surface area contributed by atoms with E-state index >= 15 is 0 Å². The van der Waals surface area contributed by atoms with Gasteiger partial charge < -0.3 is 15.4 Å². The van der Waals surface area contributed by atoms with E-state index in [1.165, 1.54) is 0 Å². The summed E-state index contributed by atoms with van der Waals surface area (Å²) in [6.45, 7) is 4.76. The van der Waals surface area contributed by atoms with Gasteiger partial charge in [0.1, 0.15) is 11.0 Å². The third kappa shape index (κ3) is 5.67. The molecule has 2 amide bonds. The van der Waals surface area contributed by atoms with Crippen molar-refractivity contribution < 1.29 is 14.3 Å². The molecular weight excluding hydrogens is 368 g/mol. The lowest BCUT2D eigenvalue weighted by Gasteiger charge is -2.33. The second kappa shape index (κ2) is 9.70. The van der Waals surface area contributed by atoms with Gasteiger partial charge in [-0.2, -0.15) is 8.75 Å². The van der Waals surface area contributed by atoms with Crippen LogP contribution in [-0.4, -0.2) is 89.9 Å². The SMILES string of the molecule is COCCNC(=O)CN1CCN(CC(=O)Nc2cccc3nsnc23)CC1. The number of fused-ring (bicyclic) bond motifs is 1. The molecule has 0 unspecified atom stereocenters. The zero-order valence-corrected chi connectivity index (χ0v) is 16.1. The molecule has 0 spiro atoms. The van der Waals surface area contributed by atoms with E-state index in [1.807, 2.05) is 18.2 Å². The number of nitrogens with one attached hydrogen (secondary N) is 2. The molecule has 146 valence electrons. The van der Waals surface area contributed by atoms with Crippen LogP contribution in [0.15, 0.2) is 18.2 Å². The van der Waals surface area contributed by atoms with Gasteiger partial charge >= 0.3 is 0 Å². The molecule has 9 nitrogen and oxygen atoms in total. The fourth-order valence-electron chi connectivity index (χ4n) is 2.96. The Kier molecular flexibility index (Phi) is 7.04. The first-order chi connectivity index (χ1) is 13.2. The topological polar surface area (TPSA) is 99.7 Å². The Morgan fingerprint density at radius 3 is 2.52 bits per heavy atom. The minimum atomic E-state index is -0.0683. The summed E-state index contributed by atoms with van der Waals surface area (Å²) in [6, 6.07) is 5.57. The summed E-state index contributed by atoms with van der Waals surface area (Å²) in [6.07, 6.45) is 0. The van der Waals surface area contributed by atoms with Crippen molar-refractivity contribution in [1.82, 2.24) is 23.9 Å². The van der Waals surface area contributed by atoms with E-state index in [-0.39, 0.29) is 11.8 Å². The van der Waals surface area contributed by atoms with Crippen LogP contribution in [0.25, 0.3) is 11.0 Å². The molecule has 0 atom stereocenters. The van der Waals surface area contributed by atoms with Crippen LogP contribution in [0, 0.1) is 0 Å². The number of aromatic nitrogens is 2. The maximum atomic E-state index is 12.4. The maximum Gasteiger partial charge on any atom is 0.238 e. The number of carbonyl (C=O) groups is 2. The van der Waals surface area contributed by atoms with Gasteiger partial charge in [0.15, 0.2) is 0 Å². The van der Waals surface area contributed by atoms with E-state index in [4.69, 9.17) is 4.74 Å². The number of hydrogen-bond donors (Lipinski definition) is 2. The summed E-state index contributed by atoms with van der Waals surface area (Å²) in [5.41, 5.74) is 2.20. The maximum absolute atomic E-state index is 12.4. The molecule has 3 rings (SSSR count). The molecule has 0 radical (unpaired) electrons. The van der Waals surface area contributed by atoms with Crippen LogP contribution in [0.4, 0.5) is 5.69 Å². The quantitative estimate of drug-likeness (QED) is 0.611. The van der Waals surface area contributed by atoms with Crippen molar-refractivity contribution in [3.05, 3.63) is 18.2 Å². The summed E-state index contributed by atoms with van der Waals surface area (Å²) in [4.78, 5) is 28.4. The zero-order valence-electron chi connectivity index (χ0n) is 15.3. The van der Waals surface area contributed by atoms with Gasteiger partial charge in [-0.3, -0.25) is 19.4 Å². The molecule has 0 bridgehead atoms. The lowest BCUT2D eigenvalue weighted by atomic mass is 10.2. The summed E-state index contributed by atoms with van der Waals surface area (Å²) in [5.74, 6) is -0.0653. The number of piperazine rings is 1. The number of carbonyl (C=O) groups excluding carboxylic acids is 2. The molecule has 0 saturated carbocycles. The third-order valence-corrected chi connectivity index (χ3v) is 4.93. The monoisotopic (exact) mass is 392 g/mol. The average molecular weight is 392 g/mol. The largest absolute Gasteiger partial charge is 0.383 e. The number of anilines is 1. The van der Waals surface area contributed by atoms with Crippen molar-refractivity contribution in [1.29, 1.82) is 0 Å². The number of methoxy groups -OCH3 is 1. The minimum Gasteiger partial charge on any atom is -0.383 e. The predicted octanol–water partition coefficient (Wildman–Crippen LogP) is 0.0100. The minimum absolute atomic E-state index is 0.00297. The smallest absolute Gasteiger partial charge is 0.238 e. The number of nitrogens with zero attached hydrogens (tertiary/aromatic N) is 4. The van der Waals surface area contributed by atoms with E-state index in [9.17, 15) is 9.59 Å². The highest BCUT2D eigenvalue weighted by Gasteiger charge is 2.21. The fraction of sp³-hybridized carbons (Fsp3) is 0.529. The summed E-state index contributed by atoms with van der Waals surface area (Å²) < 4.78 is 13.3. The molecule has 1 aromatic heterocycles. The number of benzene rings is 1. The number of amides is 2. The van der Waals surface area contributed by atoms with Crippen molar-refractivity contribution in [2.45, 2.75) is 0 Å². The molecule has 1 fully saturated rings. The van der Waals surface area contributed by atoms with Crippen LogP contribution >= 0.6 is 11.7 Å². The van der Waals surface area contributed by atoms with Crippen LogP contribution in [-0.2, 0) is 14.3 Å². The molecule has 1 aliphatic rings. The molecule has 2 aromatic rings. The summed E-state index contributed by atoms with van der Waals surface area (Å²) >= 11 is 1.13. The first kappa shape index (κ1) is 19.6. The molecule has 10 heteroatoms. The lowest BCUT2D eigenvalue weighted by molar-refractivity contribution is -0.123. The second-order valence-electron chi connectivity index (χ2n) is 6.38. The van der Waals surface area contributed by atoms with Crippen LogP contribution < -0.4 is 10.6 Å². The van der Waals surface area contributed by atoms with Gasteiger partial charge in [-0.1, -0.05) is 6.07 Å². The van der Waals surface area contributed by atoms with E-state index < -0.39 is 0 Å². The number of rotatable bonds is 8. The first-order valence-corrected chi connectivity index (χ1v) is 9.60. The standard InChI is InChI=1S/C17H24N6O3S/c1-26-10-5-18-15(24)11-22-6-8-23(9-7-22)12-16(25)19-13-3-2-4-14-17(13)21-27-20-14/h2-4H,5-12H2,1H3,(H,18,24)(H,19,25). The van der Waals surface area contributed by atoms with Gasteiger partial charge in [0, 0.05) is 39.8 Å². The van der Waals surface area contributed by atoms with Crippen molar-refractivity contribution in [2.24, 2.45) is 0 Å². The van der Waals surface area contributed by atoms with Gasteiger partial charge in [0.05, 0.1) is 37.1 Å². The number of hydrogen-bond acceptors (Lipinski definition) is 8. The Bertz CT molecular complexity index is 775. The molecular formula is C17H24N6O3S. The van der Waals surface area contributed by atoms with Gasteiger partial charge in [0.25, 0.3) is 0 Å². The van der Waals surface area contributed by atoms with Crippen molar-refractivity contribution in [3.8, 4) is 0 Å². The van der Waals surface area contributed by atoms with E-state index in [0.717, 1.165) is 48.9 Å². The van der Waals surface area contributed by atoms with Crippen molar-refractivity contribution in [2.75, 3.05) is 64.8 Å². The van der Waals surface area contributed by atoms with Crippen molar-refractivity contribution in [3.63, 3.8) is 0 Å². The molecule has 1 saturated heterocycles. The van der Waals surface area contributed by atoms with Crippen molar-refractivity contribution >= 4 is 40.3 Å². The van der Waals surface area contributed by atoms with E-state index in [1.54, 1.807) is 7.11 Å². The Labute approximate surface area is 162 Å². The molecule has 27 heavy (non-hydrogen) atoms. The second-order valence-corrected chi connectivity index (χ2v) is 6.91. The molecule has 1 aliphatic heterocycles. The number of ether oxygens (including phenoxy) is 1. The average Bonchev–Trinajstić information content (AvgIpc) is 3.13. The Morgan fingerprint density at radius 2 is 1.81 bits per heavy atom. The third-order valence-electron chi connectivity index (χ3n) is 4.39. The highest BCUT2D eigenvalue weighted by Crippen LogP contribution is 2.21. The Morgan fingerprint density at radius 1 is 1.11 bits per heavy atom.